The maximum Gasteiger partial charge on any atom is 0.198 e. The minimum absolute atomic E-state index is 0.238. The van der Waals surface area contributed by atoms with Gasteiger partial charge in [-0.1, -0.05) is 17.7 Å². The molecule has 2 aromatic rings. The van der Waals surface area contributed by atoms with Gasteiger partial charge in [0.25, 0.3) is 0 Å². The van der Waals surface area contributed by atoms with Gasteiger partial charge in [-0.3, -0.25) is 4.79 Å². The Labute approximate surface area is 128 Å². The molecule has 0 aliphatic rings. The van der Waals surface area contributed by atoms with Crippen LogP contribution in [0.25, 0.3) is 0 Å². The zero-order chi connectivity index (χ0) is 15.4. The van der Waals surface area contributed by atoms with Crippen molar-refractivity contribution in [3.63, 3.8) is 0 Å². The lowest BCUT2D eigenvalue weighted by molar-refractivity contribution is 0.103. The molecule has 21 heavy (non-hydrogen) atoms. The summed E-state index contributed by atoms with van der Waals surface area (Å²) < 4.78 is 10.6. The van der Waals surface area contributed by atoms with Crippen molar-refractivity contribution >= 4 is 23.1 Å². The second-order valence-electron chi connectivity index (χ2n) is 4.33. The van der Waals surface area contributed by atoms with Crippen molar-refractivity contribution in [3.05, 3.63) is 52.5 Å². The number of halogens is 1. The summed E-state index contributed by atoms with van der Waals surface area (Å²) in [6.07, 6.45) is 0. The molecule has 0 aliphatic heterocycles. The third kappa shape index (κ3) is 3.11. The van der Waals surface area contributed by atoms with Crippen molar-refractivity contribution in [2.75, 3.05) is 19.5 Å². The van der Waals surface area contributed by atoms with Crippen LogP contribution in [0.5, 0.6) is 11.5 Å². The maximum absolute atomic E-state index is 12.7. The highest BCUT2D eigenvalue weighted by Gasteiger charge is 2.19. The molecule has 0 aliphatic carbocycles. The molecule has 0 aromatic heterocycles. The number of hydrogen-bond acceptors (Lipinski definition) is 4. The van der Waals surface area contributed by atoms with Gasteiger partial charge in [-0.25, -0.2) is 0 Å². The highest BCUT2D eigenvalue weighted by atomic mass is 35.5. The van der Waals surface area contributed by atoms with Crippen LogP contribution in [0.3, 0.4) is 0 Å². The van der Waals surface area contributed by atoms with E-state index in [1.165, 1.54) is 7.11 Å². The predicted molar refractivity (Wildman–Crippen MR) is 83.5 cm³/mol. The van der Waals surface area contributed by atoms with E-state index in [-0.39, 0.29) is 5.78 Å². The van der Waals surface area contributed by atoms with Crippen molar-refractivity contribution in [2.45, 2.75) is 6.92 Å². The molecule has 0 heterocycles. The first-order valence-corrected chi connectivity index (χ1v) is 6.85. The molecule has 110 valence electrons. The van der Waals surface area contributed by atoms with Crippen LogP contribution in [0.15, 0.2) is 36.4 Å². The van der Waals surface area contributed by atoms with E-state index in [4.69, 9.17) is 26.8 Å². The van der Waals surface area contributed by atoms with Crippen molar-refractivity contribution in [3.8, 4) is 11.5 Å². The van der Waals surface area contributed by atoms with Crippen molar-refractivity contribution in [1.82, 2.24) is 0 Å². The number of carbonyl (C=O) groups excluding carboxylic acids is 1. The summed E-state index contributed by atoms with van der Waals surface area (Å²) in [7, 11) is 1.54. The fourth-order valence-corrected chi connectivity index (χ4v) is 2.25. The Balaban J connectivity index is 2.47. The number of rotatable bonds is 5. The first-order valence-electron chi connectivity index (χ1n) is 6.48. The number of hydrogen-bond donors (Lipinski definition) is 1. The number of carbonyl (C=O) groups is 1. The molecular weight excluding hydrogens is 290 g/mol. The largest absolute Gasteiger partial charge is 0.497 e. The quantitative estimate of drug-likeness (QED) is 0.677. The molecule has 5 heteroatoms. The Morgan fingerprint density at radius 3 is 2.62 bits per heavy atom. The van der Waals surface area contributed by atoms with E-state index in [1.807, 2.05) is 6.92 Å². The number of methoxy groups -OCH3 is 1. The van der Waals surface area contributed by atoms with E-state index in [1.54, 1.807) is 36.4 Å². The number of ketones is 1. The maximum atomic E-state index is 12.7. The van der Waals surface area contributed by atoms with Crippen LogP contribution in [0.4, 0.5) is 5.69 Å². The van der Waals surface area contributed by atoms with Gasteiger partial charge in [-0.2, -0.15) is 0 Å². The van der Waals surface area contributed by atoms with Crippen LogP contribution >= 0.6 is 11.6 Å². The molecule has 0 fully saturated rings. The second-order valence-corrected chi connectivity index (χ2v) is 4.74. The van der Waals surface area contributed by atoms with Crippen molar-refractivity contribution in [1.29, 1.82) is 0 Å². The van der Waals surface area contributed by atoms with E-state index in [2.05, 4.69) is 0 Å². The summed E-state index contributed by atoms with van der Waals surface area (Å²) in [5, 5.41) is 0.323. The lowest BCUT2D eigenvalue weighted by Crippen LogP contribution is -2.08. The zero-order valence-corrected chi connectivity index (χ0v) is 12.6. The summed E-state index contributed by atoms with van der Waals surface area (Å²) in [4.78, 5) is 12.7. The summed E-state index contributed by atoms with van der Waals surface area (Å²) in [5.41, 5.74) is 7.07. The molecule has 2 N–H and O–H groups in total. The van der Waals surface area contributed by atoms with Gasteiger partial charge in [0.05, 0.1) is 30.0 Å². The molecular formula is C16H16ClNO3. The van der Waals surface area contributed by atoms with Crippen LogP contribution in [0.2, 0.25) is 5.02 Å². The molecule has 0 amide bonds. The predicted octanol–water partition coefficient (Wildman–Crippen LogP) is 3.56. The standard InChI is InChI=1S/C16H16ClNO3/c1-3-21-16-12(5-4-6-14(16)18)15(19)11-8-7-10(20-2)9-13(11)17/h4-9H,3,18H2,1-2H3. The number of ether oxygens (including phenoxy) is 2. The van der Waals surface area contributed by atoms with Crippen molar-refractivity contribution in [2.24, 2.45) is 0 Å². The average molecular weight is 306 g/mol. The number of benzene rings is 2. The molecule has 2 rings (SSSR count). The summed E-state index contributed by atoms with van der Waals surface area (Å²) in [6, 6.07) is 9.99. The molecule has 4 nitrogen and oxygen atoms in total. The minimum atomic E-state index is -0.238. The SMILES string of the molecule is CCOc1c(N)cccc1C(=O)c1ccc(OC)cc1Cl. The number of para-hydroxylation sites is 1. The number of nitrogens with two attached hydrogens (primary N) is 1. The van der Waals surface area contributed by atoms with E-state index >= 15 is 0 Å². The molecule has 0 unspecified atom stereocenters. The smallest absolute Gasteiger partial charge is 0.198 e. The Morgan fingerprint density at radius 2 is 2.00 bits per heavy atom. The molecule has 0 saturated carbocycles. The summed E-state index contributed by atoms with van der Waals surface area (Å²) >= 11 is 6.15. The van der Waals surface area contributed by atoms with Gasteiger partial charge in [-0.15, -0.1) is 0 Å². The monoisotopic (exact) mass is 305 g/mol. The lowest BCUT2D eigenvalue weighted by Gasteiger charge is -2.12. The molecule has 0 spiro atoms. The summed E-state index contributed by atoms with van der Waals surface area (Å²) in [6.45, 7) is 2.26. The van der Waals surface area contributed by atoms with Crippen LogP contribution in [0.1, 0.15) is 22.8 Å². The van der Waals surface area contributed by atoms with Gasteiger partial charge in [0.15, 0.2) is 11.5 Å². The minimum Gasteiger partial charge on any atom is -0.497 e. The topological polar surface area (TPSA) is 61.5 Å². The molecule has 0 atom stereocenters. The first kappa shape index (κ1) is 15.2. The third-order valence-electron chi connectivity index (χ3n) is 3.00. The van der Waals surface area contributed by atoms with E-state index < -0.39 is 0 Å². The number of anilines is 1. The van der Waals surface area contributed by atoms with Crippen LogP contribution in [-0.2, 0) is 0 Å². The Morgan fingerprint density at radius 1 is 1.24 bits per heavy atom. The Bertz CT molecular complexity index is 671. The van der Waals surface area contributed by atoms with Crippen LogP contribution < -0.4 is 15.2 Å². The fraction of sp³-hybridized carbons (Fsp3) is 0.188. The van der Waals surface area contributed by atoms with Gasteiger partial charge < -0.3 is 15.2 Å². The highest BCUT2D eigenvalue weighted by molar-refractivity contribution is 6.35. The molecule has 0 saturated heterocycles. The molecule has 2 aromatic carbocycles. The van der Waals surface area contributed by atoms with E-state index in [0.29, 0.717) is 39.9 Å². The fourth-order valence-electron chi connectivity index (χ4n) is 1.99. The molecule has 0 radical (unpaired) electrons. The van der Waals surface area contributed by atoms with Gasteiger partial charge in [-0.05, 0) is 37.3 Å². The second kappa shape index (κ2) is 6.50. The van der Waals surface area contributed by atoms with Gasteiger partial charge in [0.2, 0.25) is 0 Å². The lowest BCUT2D eigenvalue weighted by atomic mass is 10.0. The Kier molecular flexibility index (Phi) is 4.70. The van der Waals surface area contributed by atoms with E-state index in [9.17, 15) is 4.79 Å². The molecule has 0 bridgehead atoms. The highest BCUT2D eigenvalue weighted by Crippen LogP contribution is 2.31. The normalized spacial score (nSPS) is 10.2. The van der Waals surface area contributed by atoms with Gasteiger partial charge in [0, 0.05) is 5.56 Å². The number of nitrogen functional groups attached to an aromatic ring is 1. The first-order chi connectivity index (χ1) is 10.1. The van der Waals surface area contributed by atoms with Crippen LogP contribution in [0, 0.1) is 0 Å². The van der Waals surface area contributed by atoms with E-state index in [0.717, 1.165) is 0 Å². The Hall–Kier alpha value is -2.20. The van der Waals surface area contributed by atoms with Crippen molar-refractivity contribution < 1.29 is 14.3 Å². The third-order valence-corrected chi connectivity index (χ3v) is 3.31. The van der Waals surface area contributed by atoms with Gasteiger partial charge >= 0.3 is 0 Å². The zero-order valence-electron chi connectivity index (χ0n) is 11.9. The van der Waals surface area contributed by atoms with Gasteiger partial charge in [0.1, 0.15) is 5.75 Å². The van der Waals surface area contributed by atoms with Crippen LogP contribution in [-0.4, -0.2) is 19.5 Å². The average Bonchev–Trinajstić information content (AvgIpc) is 2.48. The summed E-state index contributed by atoms with van der Waals surface area (Å²) in [5.74, 6) is 0.740.